The van der Waals surface area contributed by atoms with Crippen molar-refractivity contribution in [1.29, 1.82) is 0 Å². The molecule has 0 bridgehead atoms. The van der Waals surface area contributed by atoms with Crippen LogP contribution in [0.25, 0.3) is 0 Å². The highest BCUT2D eigenvalue weighted by Gasteiger charge is 2.39. The van der Waals surface area contributed by atoms with Crippen LogP contribution in [-0.2, 0) is 0 Å². The second kappa shape index (κ2) is 9.63. The highest BCUT2D eigenvalue weighted by molar-refractivity contribution is 5.97. The smallest absolute Gasteiger partial charge is 0.255 e. The zero-order valence-electron chi connectivity index (χ0n) is 18.0. The van der Waals surface area contributed by atoms with Gasteiger partial charge in [0.15, 0.2) is 0 Å². The van der Waals surface area contributed by atoms with Crippen molar-refractivity contribution < 1.29 is 9.53 Å². The number of benzene rings is 2. The van der Waals surface area contributed by atoms with E-state index < -0.39 is 0 Å². The van der Waals surface area contributed by atoms with Crippen molar-refractivity contribution in [3.8, 4) is 11.5 Å². The largest absolute Gasteiger partial charge is 0.457 e. The third-order valence-corrected chi connectivity index (χ3v) is 6.64. The Kier molecular flexibility index (Phi) is 6.70. The second-order valence-corrected chi connectivity index (χ2v) is 8.67. The van der Waals surface area contributed by atoms with E-state index >= 15 is 0 Å². The van der Waals surface area contributed by atoms with Gasteiger partial charge in [-0.05, 0) is 44.2 Å². The molecule has 1 N–H and O–H groups in total. The molecule has 1 saturated carbocycles. The molecule has 1 amide bonds. The van der Waals surface area contributed by atoms with Crippen molar-refractivity contribution in [2.24, 2.45) is 0 Å². The maximum absolute atomic E-state index is 13.2. The van der Waals surface area contributed by atoms with Gasteiger partial charge in [-0.2, -0.15) is 0 Å². The first kappa shape index (κ1) is 20.9. The number of carbonyl (C=O) groups excluding carboxylic acids is 1. The van der Waals surface area contributed by atoms with Crippen molar-refractivity contribution in [2.45, 2.75) is 37.6 Å². The summed E-state index contributed by atoms with van der Waals surface area (Å²) in [6.45, 7) is 5.07. The lowest BCUT2D eigenvalue weighted by Crippen LogP contribution is -2.61. The lowest BCUT2D eigenvalue weighted by atomic mass is 9.79. The lowest BCUT2D eigenvalue weighted by Gasteiger charge is -2.49. The van der Waals surface area contributed by atoms with Gasteiger partial charge in [0.25, 0.3) is 5.91 Å². The fourth-order valence-corrected chi connectivity index (χ4v) is 4.79. The monoisotopic (exact) mass is 407 g/mol. The maximum Gasteiger partial charge on any atom is 0.255 e. The SMILES string of the molecule is CN1CCN(C2(CNC(=O)c3ccccc3Oc3ccccc3)CCCCC2)CC1. The summed E-state index contributed by atoms with van der Waals surface area (Å²) in [7, 11) is 2.19. The maximum atomic E-state index is 13.2. The summed E-state index contributed by atoms with van der Waals surface area (Å²) in [5.41, 5.74) is 0.676. The van der Waals surface area contributed by atoms with Gasteiger partial charge < -0.3 is 15.0 Å². The molecule has 1 heterocycles. The predicted molar refractivity (Wildman–Crippen MR) is 120 cm³/mol. The Hall–Kier alpha value is -2.37. The van der Waals surface area contributed by atoms with Crippen molar-refractivity contribution in [2.75, 3.05) is 39.8 Å². The molecule has 2 aromatic carbocycles. The van der Waals surface area contributed by atoms with Crippen LogP contribution in [0.5, 0.6) is 11.5 Å². The van der Waals surface area contributed by atoms with Crippen molar-refractivity contribution in [3.05, 3.63) is 60.2 Å². The Balaban J connectivity index is 1.46. The third-order valence-electron chi connectivity index (χ3n) is 6.64. The minimum Gasteiger partial charge on any atom is -0.457 e. The molecule has 1 aliphatic heterocycles. The number of ether oxygens (including phenoxy) is 1. The van der Waals surface area contributed by atoms with E-state index in [1.54, 1.807) is 0 Å². The van der Waals surface area contributed by atoms with Gasteiger partial charge in [-0.1, -0.05) is 49.6 Å². The van der Waals surface area contributed by atoms with Gasteiger partial charge >= 0.3 is 0 Å². The molecular weight excluding hydrogens is 374 g/mol. The standard InChI is InChI=1S/C25H33N3O2/c1-27-16-18-28(19-17-27)25(14-8-3-9-15-25)20-26-24(29)22-12-6-7-13-23(22)30-21-10-4-2-5-11-21/h2,4-7,10-13H,3,8-9,14-20H2,1H3,(H,26,29). The van der Waals surface area contributed by atoms with Crippen LogP contribution in [-0.4, -0.2) is 61.0 Å². The first-order valence-electron chi connectivity index (χ1n) is 11.2. The highest BCUT2D eigenvalue weighted by atomic mass is 16.5. The van der Waals surface area contributed by atoms with Crippen LogP contribution in [0.1, 0.15) is 42.5 Å². The molecular formula is C25H33N3O2. The number of hydrogen-bond donors (Lipinski definition) is 1. The number of piperazine rings is 1. The number of carbonyl (C=O) groups is 1. The van der Waals surface area contributed by atoms with E-state index in [9.17, 15) is 4.79 Å². The summed E-state index contributed by atoms with van der Waals surface area (Å²) in [5, 5.41) is 3.27. The second-order valence-electron chi connectivity index (χ2n) is 8.67. The van der Waals surface area contributed by atoms with E-state index in [-0.39, 0.29) is 11.4 Å². The lowest BCUT2D eigenvalue weighted by molar-refractivity contribution is 0.0138. The van der Waals surface area contributed by atoms with Gasteiger partial charge in [0.2, 0.25) is 0 Å². The Bertz CT molecular complexity index is 825. The van der Waals surface area contributed by atoms with Gasteiger partial charge in [0, 0.05) is 38.3 Å². The molecule has 0 atom stereocenters. The van der Waals surface area contributed by atoms with Crippen molar-refractivity contribution in [3.63, 3.8) is 0 Å². The Morgan fingerprint density at radius 2 is 1.60 bits per heavy atom. The van der Waals surface area contributed by atoms with Crippen LogP contribution in [0.2, 0.25) is 0 Å². The molecule has 4 rings (SSSR count). The highest BCUT2D eigenvalue weighted by Crippen LogP contribution is 2.34. The van der Waals surface area contributed by atoms with Gasteiger partial charge in [-0.15, -0.1) is 0 Å². The normalized spacial score (nSPS) is 19.9. The molecule has 0 unspecified atom stereocenters. The quantitative estimate of drug-likeness (QED) is 0.781. The summed E-state index contributed by atoms with van der Waals surface area (Å²) < 4.78 is 6.00. The van der Waals surface area contributed by atoms with Gasteiger partial charge in [-0.25, -0.2) is 0 Å². The van der Waals surface area contributed by atoms with Crippen LogP contribution < -0.4 is 10.1 Å². The number of para-hydroxylation sites is 2. The van der Waals surface area contributed by atoms with Crippen LogP contribution in [0.3, 0.4) is 0 Å². The summed E-state index contributed by atoms with van der Waals surface area (Å²) in [6, 6.07) is 17.1. The molecule has 1 saturated heterocycles. The number of amides is 1. The van der Waals surface area contributed by atoms with Crippen molar-refractivity contribution >= 4 is 5.91 Å². The van der Waals surface area contributed by atoms with Crippen LogP contribution in [0.15, 0.2) is 54.6 Å². The predicted octanol–water partition coefficient (Wildman–Crippen LogP) is 4.16. The zero-order chi connectivity index (χ0) is 20.8. The van der Waals surface area contributed by atoms with Gasteiger partial charge in [0.05, 0.1) is 5.56 Å². The van der Waals surface area contributed by atoms with Gasteiger partial charge in [-0.3, -0.25) is 9.69 Å². The van der Waals surface area contributed by atoms with Crippen molar-refractivity contribution in [1.82, 2.24) is 15.1 Å². The molecule has 0 aromatic heterocycles. The molecule has 1 aliphatic carbocycles. The summed E-state index contributed by atoms with van der Waals surface area (Å²) >= 11 is 0. The topological polar surface area (TPSA) is 44.8 Å². The number of rotatable bonds is 6. The van der Waals surface area contributed by atoms with E-state index in [0.29, 0.717) is 17.9 Å². The molecule has 0 spiro atoms. The average molecular weight is 408 g/mol. The molecule has 30 heavy (non-hydrogen) atoms. The Morgan fingerprint density at radius 3 is 2.33 bits per heavy atom. The summed E-state index contributed by atoms with van der Waals surface area (Å²) in [6.07, 6.45) is 6.13. The molecule has 5 nitrogen and oxygen atoms in total. The fraction of sp³-hybridized carbons (Fsp3) is 0.480. The van der Waals surface area contributed by atoms with E-state index in [2.05, 4.69) is 22.2 Å². The third kappa shape index (κ3) is 4.85. The molecule has 2 aliphatic rings. The van der Waals surface area contributed by atoms with E-state index in [1.807, 2.05) is 54.6 Å². The van der Waals surface area contributed by atoms with E-state index in [0.717, 1.165) is 31.9 Å². The Labute approximate surface area is 180 Å². The Morgan fingerprint density at radius 1 is 0.933 bits per heavy atom. The minimum atomic E-state index is -0.0550. The average Bonchev–Trinajstić information content (AvgIpc) is 2.80. The molecule has 2 fully saturated rings. The molecule has 160 valence electrons. The number of likely N-dealkylation sites (N-methyl/N-ethyl adjacent to an activating group) is 1. The van der Waals surface area contributed by atoms with E-state index in [4.69, 9.17) is 4.74 Å². The molecule has 2 aromatic rings. The summed E-state index contributed by atoms with van der Waals surface area (Å²) in [4.78, 5) is 18.2. The minimum absolute atomic E-state index is 0.0550. The first-order chi connectivity index (χ1) is 14.7. The number of nitrogens with zero attached hydrogens (tertiary/aromatic N) is 2. The molecule has 5 heteroatoms. The first-order valence-corrected chi connectivity index (χ1v) is 11.2. The van der Waals surface area contributed by atoms with Crippen LogP contribution in [0, 0.1) is 0 Å². The van der Waals surface area contributed by atoms with Crippen LogP contribution >= 0.6 is 0 Å². The summed E-state index contributed by atoms with van der Waals surface area (Å²) in [5.74, 6) is 1.28. The number of hydrogen-bond acceptors (Lipinski definition) is 4. The fourth-order valence-electron chi connectivity index (χ4n) is 4.79. The molecule has 0 radical (unpaired) electrons. The van der Waals surface area contributed by atoms with Gasteiger partial charge in [0.1, 0.15) is 11.5 Å². The number of nitrogens with one attached hydrogen (secondary N) is 1. The van der Waals surface area contributed by atoms with Crippen LogP contribution in [0.4, 0.5) is 0 Å². The zero-order valence-corrected chi connectivity index (χ0v) is 18.0. The van der Waals surface area contributed by atoms with E-state index in [1.165, 1.54) is 32.1 Å².